The number of esters is 1. The number of carbonyl (C=O) groups excluding carboxylic acids is 2. The Balaban J connectivity index is 2.47. The highest BCUT2D eigenvalue weighted by Crippen LogP contribution is 2.07. The fourth-order valence-electron chi connectivity index (χ4n) is 1.37. The lowest BCUT2D eigenvalue weighted by Gasteiger charge is -2.17. The second kappa shape index (κ2) is 6.36. The number of amides is 1. The maximum atomic E-state index is 11.7. The molecule has 1 heterocycles. The molecule has 0 aliphatic rings. The van der Waals surface area contributed by atoms with Crippen LogP contribution in [0.3, 0.4) is 0 Å². The summed E-state index contributed by atoms with van der Waals surface area (Å²) in [5.41, 5.74) is 1.09. The number of aromatic nitrogens is 2. The third-order valence-electron chi connectivity index (χ3n) is 3.18. The molecule has 0 saturated carbocycles. The number of ether oxygens (including phenoxy) is 1. The summed E-state index contributed by atoms with van der Waals surface area (Å²) in [6.45, 7) is 7.43. The van der Waals surface area contributed by atoms with E-state index in [1.165, 1.54) is 6.20 Å². The fraction of sp³-hybridized carbons (Fsp3) is 0.615. The molecule has 1 atom stereocenters. The van der Waals surface area contributed by atoms with E-state index in [1.807, 2.05) is 20.8 Å². The molecule has 0 fully saturated rings. The Morgan fingerprint density at radius 1 is 1.42 bits per heavy atom. The van der Waals surface area contributed by atoms with E-state index in [-0.39, 0.29) is 18.6 Å². The summed E-state index contributed by atoms with van der Waals surface area (Å²) in [6.07, 6.45) is 1.44. The number of nitrogens with one attached hydrogen (secondary N) is 1. The highest BCUT2D eigenvalue weighted by atomic mass is 16.5. The van der Waals surface area contributed by atoms with Gasteiger partial charge in [0.25, 0.3) is 5.91 Å². The molecule has 0 spiro atoms. The van der Waals surface area contributed by atoms with Crippen molar-refractivity contribution in [2.75, 3.05) is 6.61 Å². The Morgan fingerprint density at radius 2 is 2.05 bits per heavy atom. The molecule has 0 bridgehead atoms. The lowest BCUT2D eigenvalue weighted by molar-refractivity contribution is -0.125. The lowest BCUT2D eigenvalue weighted by atomic mass is 10.1. The summed E-state index contributed by atoms with van der Waals surface area (Å²) in [4.78, 5) is 23.3. The first-order chi connectivity index (χ1) is 8.82. The van der Waals surface area contributed by atoms with Crippen molar-refractivity contribution < 1.29 is 14.3 Å². The van der Waals surface area contributed by atoms with E-state index in [0.717, 1.165) is 0 Å². The molecule has 0 unspecified atom stereocenters. The van der Waals surface area contributed by atoms with Crippen molar-refractivity contribution in [1.29, 1.82) is 0 Å². The molecule has 19 heavy (non-hydrogen) atoms. The van der Waals surface area contributed by atoms with Gasteiger partial charge in [0, 0.05) is 18.8 Å². The van der Waals surface area contributed by atoms with Gasteiger partial charge in [-0.15, -0.1) is 0 Å². The summed E-state index contributed by atoms with van der Waals surface area (Å²) in [5, 5.41) is 6.72. The van der Waals surface area contributed by atoms with Gasteiger partial charge < -0.3 is 10.1 Å². The van der Waals surface area contributed by atoms with E-state index in [1.54, 1.807) is 18.7 Å². The molecule has 1 amide bonds. The van der Waals surface area contributed by atoms with Gasteiger partial charge in [0.2, 0.25) is 0 Å². The van der Waals surface area contributed by atoms with E-state index < -0.39 is 5.97 Å². The first kappa shape index (κ1) is 15.2. The Hall–Kier alpha value is -1.85. The van der Waals surface area contributed by atoms with Crippen LogP contribution in [0.5, 0.6) is 0 Å². The zero-order valence-electron chi connectivity index (χ0n) is 12.1. The summed E-state index contributed by atoms with van der Waals surface area (Å²) >= 11 is 0. The highest BCUT2D eigenvalue weighted by molar-refractivity contribution is 5.92. The molecule has 6 heteroatoms. The molecule has 106 valence electrons. The molecule has 0 aliphatic carbocycles. The minimum absolute atomic E-state index is 0.0475. The van der Waals surface area contributed by atoms with Crippen molar-refractivity contribution in [3.63, 3.8) is 0 Å². The normalized spacial score (nSPS) is 12.3. The van der Waals surface area contributed by atoms with Gasteiger partial charge in [-0.25, -0.2) is 4.79 Å². The van der Waals surface area contributed by atoms with Crippen LogP contribution >= 0.6 is 0 Å². The summed E-state index contributed by atoms with van der Waals surface area (Å²) < 4.78 is 6.54. The molecule has 1 aromatic rings. The molecule has 0 aromatic carbocycles. The van der Waals surface area contributed by atoms with Crippen LogP contribution in [-0.2, 0) is 16.6 Å². The van der Waals surface area contributed by atoms with Gasteiger partial charge in [0.15, 0.2) is 6.61 Å². The minimum atomic E-state index is -0.530. The second-order valence-corrected chi connectivity index (χ2v) is 4.94. The zero-order chi connectivity index (χ0) is 14.6. The van der Waals surface area contributed by atoms with Crippen molar-refractivity contribution in [3.8, 4) is 0 Å². The number of carbonyl (C=O) groups is 2. The predicted octanol–water partition coefficient (Wildman–Crippen LogP) is 1.05. The van der Waals surface area contributed by atoms with Crippen molar-refractivity contribution in [2.24, 2.45) is 13.0 Å². The minimum Gasteiger partial charge on any atom is -0.452 e. The van der Waals surface area contributed by atoms with E-state index in [2.05, 4.69) is 10.4 Å². The van der Waals surface area contributed by atoms with Crippen LogP contribution in [-0.4, -0.2) is 34.3 Å². The molecular weight excluding hydrogens is 246 g/mol. The van der Waals surface area contributed by atoms with Gasteiger partial charge in [-0.3, -0.25) is 9.48 Å². The maximum absolute atomic E-state index is 11.7. The molecule has 1 N–H and O–H groups in total. The van der Waals surface area contributed by atoms with E-state index in [0.29, 0.717) is 17.2 Å². The third-order valence-corrected chi connectivity index (χ3v) is 3.18. The van der Waals surface area contributed by atoms with Crippen molar-refractivity contribution in [1.82, 2.24) is 15.1 Å². The average molecular weight is 267 g/mol. The van der Waals surface area contributed by atoms with Gasteiger partial charge in [-0.05, 0) is 19.8 Å². The Kier molecular flexibility index (Phi) is 5.09. The van der Waals surface area contributed by atoms with Gasteiger partial charge >= 0.3 is 5.97 Å². The van der Waals surface area contributed by atoms with Crippen LogP contribution in [0.1, 0.15) is 36.8 Å². The number of hydrogen-bond donors (Lipinski definition) is 1. The number of nitrogens with zero attached hydrogens (tertiary/aromatic N) is 2. The Morgan fingerprint density at radius 3 is 2.53 bits per heavy atom. The molecule has 0 aliphatic heterocycles. The smallest absolute Gasteiger partial charge is 0.342 e. The topological polar surface area (TPSA) is 73.2 Å². The summed E-state index contributed by atoms with van der Waals surface area (Å²) in [7, 11) is 1.74. The predicted molar refractivity (Wildman–Crippen MR) is 70.7 cm³/mol. The van der Waals surface area contributed by atoms with Crippen LogP contribution in [0.2, 0.25) is 0 Å². The van der Waals surface area contributed by atoms with Gasteiger partial charge in [-0.1, -0.05) is 13.8 Å². The molecule has 6 nitrogen and oxygen atoms in total. The van der Waals surface area contributed by atoms with E-state index in [9.17, 15) is 9.59 Å². The molecule has 1 aromatic heterocycles. The number of rotatable bonds is 5. The standard InChI is InChI=1S/C13H21N3O3/c1-8(2)9(3)15-12(17)7-19-13(18)11-6-14-16(5)10(11)4/h6,8-9H,7H2,1-5H3,(H,15,17)/t9-/m0/s1. The first-order valence-corrected chi connectivity index (χ1v) is 6.28. The van der Waals surface area contributed by atoms with Crippen LogP contribution in [0, 0.1) is 12.8 Å². The molecule has 0 radical (unpaired) electrons. The second-order valence-electron chi connectivity index (χ2n) is 4.94. The van der Waals surface area contributed by atoms with E-state index >= 15 is 0 Å². The highest BCUT2D eigenvalue weighted by Gasteiger charge is 2.17. The third kappa shape index (κ3) is 4.08. The fourth-order valence-corrected chi connectivity index (χ4v) is 1.37. The Labute approximate surface area is 113 Å². The first-order valence-electron chi connectivity index (χ1n) is 6.28. The number of aryl methyl sites for hydroxylation is 1. The van der Waals surface area contributed by atoms with Crippen molar-refractivity contribution >= 4 is 11.9 Å². The SMILES string of the molecule is Cc1c(C(=O)OCC(=O)N[C@@H](C)C(C)C)cnn1C. The summed E-state index contributed by atoms with van der Waals surface area (Å²) in [5.74, 6) is -0.491. The van der Waals surface area contributed by atoms with E-state index in [4.69, 9.17) is 4.74 Å². The van der Waals surface area contributed by atoms with Gasteiger partial charge in [0.1, 0.15) is 5.56 Å². The largest absolute Gasteiger partial charge is 0.452 e. The molecule has 0 saturated heterocycles. The summed E-state index contributed by atoms with van der Waals surface area (Å²) in [6, 6.07) is 0.0475. The molecular formula is C13H21N3O3. The zero-order valence-corrected chi connectivity index (χ0v) is 12.1. The maximum Gasteiger partial charge on any atom is 0.342 e. The van der Waals surface area contributed by atoms with Crippen LogP contribution < -0.4 is 5.32 Å². The van der Waals surface area contributed by atoms with Gasteiger partial charge in [-0.2, -0.15) is 5.10 Å². The quantitative estimate of drug-likeness (QED) is 0.809. The van der Waals surface area contributed by atoms with Crippen molar-refractivity contribution in [3.05, 3.63) is 17.5 Å². The van der Waals surface area contributed by atoms with Crippen LogP contribution in [0.15, 0.2) is 6.20 Å². The Bertz CT molecular complexity index is 466. The number of hydrogen-bond acceptors (Lipinski definition) is 4. The lowest BCUT2D eigenvalue weighted by Crippen LogP contribution is -2.38. The van der Waals surface area contributed by atoms with Crippen LogP contribution in [0.25, 0.3) is 0 Å². The monoisotopic (exact) mass is 267 g/mol. The van der Waals surface area contributed by atoms with Crippen LogP contribution in [0.4, 0.5) is 0 Å². The van der Waals surface area contributed by atoms with Gasteiger partial charge in [0.05, 0.1) is 6.20 Å². The van der Waals surface area contributed by atoms with Crippen molar-refractivity contribution in [2.45, 2.75) is 33.7 Å². The molecule has 1 rings (SSSR count). The average Bonchev–Trinajstić information content (AvgIpc) is 2.67.